The summed E-state index contributed by atoms with van der Waals surface area (Å²) in [6.07, 6.45) is -11.9. The van der Waals surface area contributed by atoms with Crippen LogP contribution < -0.4 is 33.6 Å². The second-order valence-corrected chi connectivity index (χ2v) is 13.8. The highest BCUT2D eigenvalue weighted by atomic mass is 35.5. The van der Waals surface area contributed by atoms with Gasteiger partial charge in [-0.2, -0.15) is 0 Å². The molecule has 0 saturated heterocycles. The second-order valence-electron chi connectivity index (χ2n) is 13.5. The number of nitrogens with zero attached hydrogens (tertiary/aromatic N) is 4. The average Bonchev–Trinajstić information content (AvgIpc) is 3.18. The van der Waals surface area contributed by atoms with Crippen LogP contribution in [-0.2, 0) is 17.6 Å². The van der Waals surface area contributed by atoms with Crippen LogP contribution in [-0.4, -0.2) is 185 Å². The number of carbonyl (C=O) groups excluding carboxylic acids is 2. The molecule has 9 atom stereocenters. The van der Waals surface area contributed by atoms with Crippen LogP contribution in [0.3, 0.4) is 0 Å². The molecule has 1 heterocycles. The summed E-state index contributed by atoms with van der Waals surface area (Å²) in [6, 6.07) is 6.78. The van der Waals surface area contributed by atoms with Gasteiger partial charge < -0.3 is 79.3 Å². The predicted molar refractivity (Wildman–Crippen MR) is 214 cm³/mol. The number of unbranched alkanes of at least 4 members (excludes halogenated alkanes) is 1. The Labute approximate surface area is 346 Å². The fourth-order valence-electron chi connectivity index (χ4n) is 5.52. The first-order valence-corrected chi connectivity index (χ1v) is 18.5. The molecule has 0 unspecified atom stereocenters. The number of primary amides is 1. The number of halogens is 2. The number of nitrogens with one attached hydrogen (secondary N) is 2. The number of guanidine groups is 1. The number of nitrogens with two attached hydrogens (primary N) is 4. The van der Waals surface area contributed by atoms with Gasteiger partial charge in [-0.25, -0.2) is 9.97 Å². The van der Waals surface area contributed by atoms with Gasteiger partial charge in [0.2, 0.25) is 5.91 Å². The monoisotopic (exact) mass is 868 g/mol. The molecule has 0 fully saturated rings. The molecule has 1 aromatic heterocycles. The molecular formula is C34H58Cl2N10O12. The fourth-order valence-corrected chi connectivity index (χ4v) is 5.65. The number of aryl methyl sites for hydroxylation is 1. The van der Waals surface area contributed by atoms with E-state index in [1.54, 1.807) is 0 Å². The topological polar surface area (TPSA) is 406 Å². The molecule has 0 saturated carbocycles. The standard InChI is InChI=1S/C34H57ClN10O12.ClH/c35-29-31(37)43-30(36)24(42-29)33(57)44-34(39)41-9-2-1-4-17-5-7-18(8-6-17)12-19(32(38)56)40-10-3-11-45(13-20(48)25(52)27(54)22(50)15-46)14-21(49)26(53)28(55)23(51)16-47;/h5-8,19-23,25-28,40,46-55H,1-4,9-16H2,(H2,38,56)(H4,36,37,43)(H3,39,41,44,57);1H/t19-,20-,21-,22+,23+,25+,26+,27+,28+;/m0./s1. The minimum absolute atomic E-state index is 0. The van der Waals surface area contributed by atoms with Crippen LogP contribution in [0.4, 0.5) is 11.6 Å². The van der Waals surface area contributed by atoms with E-state index in [2.05, 4.69) is 25.6 Å². The van der Waals surface area contributed by atoms with E-state index >= 15 is 0 Å². The zero-order valence-corrected chi connectivity index (χ0v) is 33.2. The number of aliphatic imine (C=N–C) groups is 1. The van der Waals surface area contributed by atoms with Gasteiger partial charge in [-0.15, -0.1) is 12.4 Å². The number of amides is 2. The lowest BCUT2D eigenvalue weighted by Crippen LogP contribution is -2.53. The number of carbonyl (C=O) groups is 2. The first-order valence-electron chi connectivity index (χ1n) is 18.1. The first kappa shape index (κ1) is 52.4. The lowest BCUT2D eigenvalue weighted by atomic mass is 10.0. The van der Waals surface area contributed by atoms with E-state index in [-0.39, 0.29) is 66.8 Å². The third-order valence-corrected chi connectivity index (χ3v) is 9.18. The fraction of sp³-hybridized carbons (Fsp3) is 0.618. The summed E-state index contributed by atoms with van der Waals surface area (Å²) in [6.45, 7) is -2.03. The molecule has 20 N–H and O–H groups in total. The van der Waals surface area contributed by atoms with Crippen molar-refractivity contribution in [2.24, 2.45) is 16.5 Å². The number of nitrogen functional groups attached to an aromatic ring is 2. The number of anilines is 2. The van der Waals surface area contributed by atoms with Crippen molar-refractivity contribution in [3.8, 4) is 0 Å². The number of aliphatic hydroxyl groups is 10. The van der Waals surface area contributed by atoms with Crippen molar-refractivity contribution in [3.05, 3.63) is 46.2 Å². The Balaban J connectivity index is 0.0000168. The van der Waals surface area contributed by atoms with Crippen molar-refractivity contribution in [1.82, 2.24) is 25.5 Å². The molecule has 2 rings (SSSR count). The van der Waals surface area contributed by atoms with Gasteiger partial charge in [0.05, 0.1) is 31.5 Å². The van der Waals surface area contributed by atoms with Gasteiger partial charge in [0.25, 0.3) is 5.91 Å². The number of aliphatic hydroxyl groups excluding tert-OH is 10. The Kier molecular flexibility index (Phi) is 24.0. The summed E-state index contributed by atoms with van der Waals surface area (Å²) in [5.41, 5.74) is 24.3. The van der Waals surface area contributed by atoms with Gasteiger partial charge in [0.1, 0.15) is 36.6 Å². The molecule has 0 bridgehead atoms. The molecule has 24 heteroatoms. The quantitative estimate of drug-likeness (QED) is 0.0238. The number of aromatic nitrogens is 2. The molecule has 0 aliphatic carbocycles. The van der Waals surface area contributed by atoms with E-state index in [9.17, 15) is 50.4 Å². The molecular weight excluding hydrogens is 811 g/mol. The third kappa shape index (κ3) is 17.3. The normalized spacial score (nSPS) is 16.7. The van der Waals surface area contributed by atoms with E-state index in [1.807, 2.05) is 24.3 Å². The van der Waals surface area contributed by atoms with Gasteiger partial charge in [0, 0.05) is 19.6 Å². The van der Waals surface area contributed by atoms with Crippen LogP contribution >= 0.6 is 24.0 Å². The Morgan fingerprint density at radius 3 is 1.79 bits per heavy atom. The minimum Gasteiger partial charge on any atom is -0.394 e. The summed E-state index contributed by atoms with van der Waals surface area (Å²) >= 11 is 5.81. The van der Waals surface area contributed by atoms with Gasteiger partial charge in [-0.05, 0) is 56.3 Å². The van der Waals surface area contributed by atoms with Crippen molar-refractivity contribution < 1.29 is 60.7 Å². The molecule has 2 aromatic rings. The smallest absolute Gasteiger partial charge is 0.280 e. The summed E-state index contributed by atoms with van der Waals surface area (Å²) < 4.78 is 0. The van der Waals surface area contributed by atoms with Gasteiger partial charge in [0.15, 0.2) is 28.4 Å². The minimum atomic E-state index is -1.91. The maximum absolute atomic E-state index is 12.4. The molecule has 22 nitrogen and oxygen atoms in total. The number of hydrogen-bond donors (Lipinski definition) is 16. The van der Waals surface area contributed by atoms with Gasteiger partial charge in [-0.3, -0.25) is 24.8 Å². The summed E-state index contributed by atoms with van der Waals surface area (Å²) in [5.74, 6) is -1.82. The van der Waals surface area contributed by atoms with E-state index in [0.29, 0.717) is 19.4 Å². The van der Waals surface area contributed by atoms with E-state index < -0.39 is 93.0 Å². The van der Waals surface area contributed by atoms with Crippen molar-refractivity contribution in [2.75, 3.05) is 57.4 Å². The summed E-state index contributed by atoms with van der Waals surface area (Å²) in [5, 5.41) is 104. The van der Waals surface area contributed by atoms with Crippen LogP contribution in [0.1, 0.15) is 40.9 Å². The molecule has 0 spiro atoms. The Morgan fingerprint density at radius 1 is 0.759 bits per heavy atom. The lowest BCUT2D eigenvalue weighted by Gasteiger charge is -2.33. The Bertz CT molecular complexity index is 1540. The maximum Gasteiger partial charge on any atom is 0.280 e. The highest BCUT2D eigenvalue weighted by molar-refractivity contribution is 6.31. The second kappa shape index (κ2) is 26.5. The predicted octanol–water partition coefficient (Wildman–Crippen LogP) is -5.67. The summed E-state index contributed by atoms with van der Waals surface area (Å²) in [7, 11) is 0. The highest BCUT2D eigenvalue weighted by Crippen LogP contribution is 2.17. The first-order chi connectivity index (χ1) is 26.9. The Morgan fingerprint density at radius 2 is 1.28 bits per heavy atom. The molecule has 0 aliphatic heterocycles. The van der Waals surface area contributed by atoms with E-state index in [0.717, 1.165) is 17.5 Å². The molecule has 2 amide bonds. The highest BCUT2D eigenvalue weighted by Gasteiger charge is 2.34. The maximum atomic E-state index is 12.4. The SMILES string of the molecule is Cl.NC(=O)[C@H](Cc1ccc(CCCCN=C(N)NC(=O)c2nc(Cl)c(N)nc2N)cc1)NCCCN(C[C@H](O)[C@@H](O)[C@H](O)[C@H](O)CO)C[C@H](O)[C@@H](O)[C@H](O)[C@H](O)CO. The summed E-state index contributed by atoms with van der Waals surface area (Å²) in [4.78, 5) is 37.7. The van der Waals surface area contributed by atoms with Crippen LogP contribution in [0, 0.1) is 0 Å². The van der Waals surface area contributed by atoms with E-state index in [4.69, 9.17) is 44.7 Å². The van der Waals surface area contributed by atoms with E-state index in [1.165, 1.54) is 4.90 Å². The molecule has 0 radical (unpaired) electrons. The van der Waals surface area contributed by atoms with Crippen molar-refractivity contribution >= 4 is 53.4 Å². The molecule has 330 valence electrons. The van der Waals surface area contributed by atoms with Crippen LogP contribution in [0.5, 0.6) is 0 Å². The number of hydrogen-bond acceptors (Lipinski definition) is 19. The number of benzene rings is 1. The van der Waals surface area contributed by atoms with Crippen molar-refractivity contribution in [3.63, 3.8) is 0 Å². The lowest BCUT2D eigenvalue weighted by molar-refractivity contribution is -0.130. The average molecular weight is 870 g/mol. The van der Waals surface area contributed by atoms with Crippen molar-refractivity contribution in [2.45, 2.75) is 87.0 Å². The van der Waals surface area contributed by atoms with Crippen LogP contribution in [0.2, 0.25) is 5.15 Å². The largest absolute Gasteiger partial charge is 0.394 e. The number of rotatable bonds is 26. The molecule has 1 aromatic carbocycles. The van der Waals surface area contributed by atoms with Crippen molar-refractivity contribution in [1.29, 1.82) is 0 Å². The molecule has 0 aliphatic rings. The zero-order valence-electron chi connectivity index (χ0n) is 31.7. The van der Waals surface area contributed by atoms with Crippen LogP contribution in [0.15, 0.2) is 29.3 Å². The third-order valence-electron chi connectivity index (χ3n) is 8.91. The van der Waals surface area contributed by atoms with Gasteiger partial charge in [-0.1, -0.05) is 35.9 Å². The zero-order chi connectivity index (χ0) is 42.8. The van der Waals surface area contributed by atoms with Gasteiger partial charge >= 0.3 is 0 Å². The van der Waals surface area contributed by atoms with Crippen LogP contribution in [0.25, 0.3) is 0 Å². The molecule has 58 heavy (non-hydrogen) atoms. The Hall–Kier alpha value is -3.59.